The molecule has 0 amide bonds. The molecule has 3 nitrogen and oxygen atoms in total. The van der Waals surface area contributed by atoms with Crippen LogP contribution in [0.2, 0.25) is 0 Å². The molecular weight excluding hydrogens is 264 g/mol. The fraction of sp³-hybridized carbons (Fsp3) is 0.533. The van der Waals surface area contributed by atoms with Crippen molar-refractivity contribution < 1.29 is 18.7 Å². The number of nitrogens with zero attached hydrogens (tertiary/aromatic N) is 1. The van der Waals surface area contributed by atoms with Crippen molar-refractivity contribution >= 4 is 5.97 Å². The summed E-state index contributed by atoms with van der Waals surface area (Å²) in [6, 6.07) is 2.77. The van der Waals surface area contributed by atoms with Gasteiger partial charge in [-0.05, 0) is 43.0 Å². The van der Waals surface area contributed by atoms with E-state index in [0.717, 1.165) is 18.9 Å². The molecule has 0 radical (unpaired) electrons. The molecule has 0 spiro atoms. The van der Waals surface area contributed by atoms with E-state index in [0.29, 0.717) is 24.4 Å². The number of halogens is 2. The van der Waals surface area contributed by atoms with Crippen LogP contribution in [0.4, 0.5) is 8.78 Å². The van der Waals surface area contributed by atoms with Gasteiger partial charge in [0.15, 0.2) is 0 Å². The largest absolute Gasteiger partial charge is 0.480 e. The van der Waals surface area contributed by atoms with E-state index in [2.05, 4.69) is 6.92 Å². The Morgan fingerprint density at radius 2 is 2.00 bits per heavy atom. The first-order valence-corrected chi connectivity index (χ1v) is 6.91. The molecule has 1 aliphatic rings. The summed E-state index contributed by atoms with van der Waals surface area (Å²) in [5.41, 5.74) is 0.476. The third kappa shape index (κ3) is 3.54. The highest BCUT2D eigenvalue weighted by Crippen LogP contribution is 2.27. The Hall–Kier alpha value is -1.49. The van der Waals surface area contributed by atoms with Gasteiger partial charge in [0.25, 0.3) is 0 Å². The maximum absolute atomic E-state index is 13.2. The van der Waals surface area contributed by atoms with E-state index in [1.807, 2.05) is 0 Å². The summed E-state index contributed by atoms with van der Waals surface area (Å²) in [5.74, 6) is -1.71. The minimum Gasteiger partial charge on any atom is -0.480 e. The molecule has 1 fully saturated rings. The lowest BCUT2D eigenvalue weighted by Crippen LogP contribution is -2.46. The lowest BCUT2D eigenvalue weighted by Gasteiger charge is -2.36. The number of carbonyl (C=O) groups is 1. The van der Waals surface area contributed by atoms with Gasteiger partial charge in [0.05, 0.1) is 0 Å². The number of carboxylic acid groups (broad SMARTS) is 1. The molecule has 5 heteroatoms. The van der Waals surface area contributed by atoms with Gasteiger partial charge in [0.2, 0.25) is 0 Å². The number of hydrogen-bond acceptors (Lipinski definition) is 2. The monoisotopic (exact) mass is 283 g/mol. The molecule has 0 aromatic heterocycles. The summed E-state index contributed by atoms with van der Waals surface area (Å²) >= 11 is 0. The lowest BCUT2D eigenvalue weighted by molar-refractivity contribution is -0.145. The fourth-order valence-corrected chi connectivity index (χ4v) is 2.84. The highest BCUT2D eigenvalue weighted by atomic mass is 19.1. The standard InChI is InChI=1S/C15H19F2NO2/c1-2-10-3-4-18(14(7-10)15(19)20)9-11-5-12(16)8-13(17)6-11/h5-6,8,10,14H,2-4,7,9H2,1H3,(H,19,20). The minimum absolute atomic E-state index is 0.266. The van der Waals surface area contributed by atoms with Crippen molar-refractivity contribution in [3.8, 4) is 0 Å². The van der Waals surface area contributed by atoms with Crippen LogP contribution in [0.25, 0.3) is 0 Å². The smallest absolute Gasteiger partial charge is 0.320 e. The van der Waals surface area contributed by atoms with Crippen molar-refractivity contribution in [1.29, 1.82) is 0 Å². The first kappa shape index (κ1) is 14.9. The summed E-state index contributed by atoms with van der Waals surface area (Å²) < 4.78 is 26.4. The Kier molecular flexibility index (Phi) is 4.70. The summed E-state index contributed by atoms with van der Waals surface area (Å²) in [4.78, 5) is 13.2. The van der Waals surface area contributed by atoms with Gasteiger partial charge in [-0.3, -0.25) is 9.69 Å². The fourth-order valence-electron chi connectivity index (χ4n) is 2.84. The number of aliphatic carboxylic acids is 1. The quantitative estimate of drug-likeness (QED) is 0.923. The van der Waals surface area contributed by atoms with Crippen LogP contribution in [0.1, 0.15) is 31.7 Å². The Bertz CT molecular complexity index is 473. The van der Waals surface area contributed by atoms with E-state index in [4.69, 9.17) is 0 Å². The predicted molar refractivity (Wildman–Crippen MR) is 71.2 cm³/mol. The van der Waals surface area contributed by atoms with Crippen LogP contribution >= 0.6 is 0 Å². The molecule has 1 aliphatic heterocycles. The molecule has 2 unspecified atom stereocenters. The molecule has 1 saturated heterocycles. The molecule has 2 atom stereocenters. The Labute approximate surface area is 117 Å². The Morgan fingerprint density at radius 1 is 1.35 bits per heavy atom. The summed E-state index contributed by atoms with van der Waals surface area (Å²) in [6.07, 6.45) is 2.49. The number of hydrogen-bond donors (Lipinski definition) is 1. The van der Waals surface area contributed by atoms with Gasteiger partial charge in [-0.15, -0.1) is 0 Å². The van der Waals surface area contributed by atoms with E-state index in [9.17, 15) is 18.7 Å². The van der Waals surface area contributed by atoms with Gasteiger partial charge in [0, 0.05) is 12.6 Å². The molecule has 20 heavy (non-hydrogen) atoms. The third-order valence-corrected chi connectivity index (χ3v) is 3.99. The van der Waals surface area contributed by atoms with Crippen LogP contribution in [0.3, 0.4) is 0 Å². The zero-order valence-corrected chi connectivity index (χ0v) is 11.5. The van der Waals surface area contributed by atoms with Gasteiger partial charge >= 0.3 is 5.97 Å². The Balaban J connectivity index is 2.12. The van der Waals surface area contributed by atoms with Crippen LogP contribution in [0, 0.1) is 17.6 Å². The predicted octanol–water partition coefficient (Wildman–Crippen LogP) is 3.04. The van der Waals surface area contributed by atoms with E-state index >= 15 is 0 Å². The topological polar surface area (TPSA) is 40.5 Å². The Morgan fingerprint density at radius 3 is 2.55 bits per heavy atom. The summed E-state index contributed by atoms with van der Waals surface area (Å²) in [6.45, 7) is 2.97. The molecule has 110 valence electrons. The molecule has 1 N–H and O–H groups in total. The maximum atomic E-state index is 13.2. The maximum Gasteiger partial charge on any atom is 0.320 e. The van der Waals surface area contributed by atoms with Gasteiger partial charge in [-0.2, -0.15) is 0 Å². The molecule has 2 rings (SSSR count). The number of piperidine rings is 1. The highest BCUT2D eigenvalue weighted by Gasteiger charge is 2.32. The van der Waals surface area contributed by atoms with Crippen molar-refractivity contribution in [2.75, 3.05) is 6.54 Å². The molecule has 0 bridgehead atoms. The summed E-state index contributed by atoms with van der Waals surface area (Å²) in [7, 11) is 0. The lowest BCUT2D eigenvalue weighted by atomic mass is 9.88. The van der Waals surface area contributed by atoms with Gasteiger partial charge in [-0.25, -0.2) is 8.78 Å². The van der Waals surface area contributed by atoms with E-state index < -0.39 is 23.6 Å². The van der Waals surface area contributed by atoms with E-state index in [1.165, 1.54) is 12.1 Å². The molecule has 1 aromatic rings. The second kappa shape index (κ2) is 6.31. The highest BCUT2D eigenvalue weighted by molar-refractivity contribution is 5.73. The second-order valence-electron chi connectivity index (χ2n) is 5.40. The molecule has 1 aromatic carbocycles. The minimum atomic E-state index is -0.861. The zero-order chi connectivity index (χ0) is 14.7. The number of benzene rings is 1. The van der Waals surface area contributed by atoms with Crippen molar-refractivity contribution in [2.24, 2.45) is 5.92 Å². The summed E-state index contributed by atoms with van der Waals surface area (Å²) in [5, 5.41) is 9.32. The second-order valence-corrected chi connectivity index (χ2v) is 5.40. The normalized spacial score (nSPS) is 23.8. The molecule has 0 saturated carbocycles. The third-order valence-electron chi connectivity index (χ3n) is 3.99. The average molecular weight is 283 g/mol. The van der Waals surface area contributed by atoms with Crippen molar-refractivity contribution in [3.05, 3.63) is 35.4 Å². The number of likely N-dealkylation sites (tertiary alicyclic amines) is 1. The van der Waals surface area contributed by atoms with Gasteiger partial charge in [0.1, 0.15) is 17.7 Å². The van der Waals surface area contributed by atoms with E-state index in [-0.39, 0.29) is 6.54 Å². The zero-order valence-electron chi connectivity index (χ0n) is 11.5. The van der Waals surface area contributed by atoms with Crippen molar-refractivity contribution in [3.63, 3.8) is 0 Å². The van der Waals surface area contributed by atoms with Crippen LogP contribution < -0.4 is 0 Å². The van der Waals surface area contributed by atoms with Crippen molar-refractivity contribution in [2.45, 2.75) is 38.8 Å². The first-order valence-electron chi connectivity index (χ1n) is 6.91. The van der Waals surface area contributed by atoms with Crippen LogP contribution in [-0.4, -0.2) is 28.6 Å². The van der Waals surface area contributed by atoms with Gasteiger partial charge in [-0.1, -0.05) is 13.3 Å². The number of rotatable bonds is 4. The molecule has 1 heterocycles. The van der Waals surface area contributed by atoms with Gasteiger partial charge < -0.3 is 5.11 Å². The SMILES string of the molecule is CCC1CCN(Cc2cc(F)cc(F)c2)C(C(=O)O)C1. The van der Waals surface area contributed by atoms with Crippen LogP contribution in [-0.2, 0) is 11.3 Å². The van der Waals surface area contributed by atoms with Crippen LogP contribution in [0.5, 0.6) is 0 Å². The average Bonchev–Trinajstić information content (AvgIpc) is 2.37. The van der Waals surface area contributed by atoms with Crippen molar-refractivity contribution in [1.82, 2.24) is 4.90 Å². The molecule has 0 aliphatic carbocycles. The van der Waals surface area contributed by atoms with Crippen LogP contribution in [0.15, 0.2) is 18.2 Å². The van der Waals surface area contributed by atoms with E-state index in [1.54, 1.807) is 4.90 Å². The molecular formula is C15H19F2NO2. The number of carboxylic acids is 1. The first-order chi connectivity index (χ1) is 9.49.